The second kappa shape index (κ2) is 4.80. The fraction of sp³-hybridized carbons (Fsp3) is 0.222. The molecule has 0 aliphatic heterocycles. The summed E-state index contributed by atoms with van der Waals surface area (Å²) in [5, 5.41) is 11.8. The van der Waals surface area contributed by atoms with Crippen LogP contribution in [0.5, 0.6) is 0 Å². The van der Waals surface area contributed by atoms with Gasteiger partial charge in [0.15, 0.2) is 5.82 Å². The fourth-order valence-electron chi connectivity index (χ4n) is 1.28. The molecular formula is C9H10ClN5OS. The van der Waals surface area contributed by atoms with Gasteiger partial charge in [0.2, 0.25) is 0 Å². The third-order valence-electron chi connectivity index (χ3n) is 2.01. The molecule has 0 radical (unpaired) electrons. The van der Waals surface area contributed by atoms with Crippen molar-refractivity contribution in [2.45, 2.75) is 10.6 Å². The number of rotatable bonds is 3. The van der Waals surface area contributed by atoms with Gasteiger partial charge in [0, 0.05) is 5.69 Å². The van der Waals surface area contributed by atoms with E-state index in [2.05, 4.69) is 15.4 Å². The van der Waals surface area contributed by atoms with Gasteiger partial charge >= 0.3 is 0 Å². The SMILES string of the molecule is Cn1nnc(CS(=O)c2ccc(N)cc2Cl)n1. The Morgan fingerprint density at radius 1 is 1.53 bits per heavy atom. The van der Waals surface area contributed by atoms with Gasteiger partial charge in [-0.3, -0.25) is 4.21 Å². The van der Waals surface area contributed by atoms with Crippen molar-refractivity contribution in [2.24, 2.45) is 7.05 Å². The number of tetrazole rings is 1. The molecule has 0 amide bonds. The molecular weight excluding hydrogens is 262 g/mol. The van der Waals surface area contributed by atoms with Crippen LogP contribution < -0.4 is 5.73 Å². The van der Waals surface area contributed by atoms with Gasteiger partial charge in [-0.25, -0.2) is 0 Å². The highest BCUT2D eigenvalue weighted by Crippen LogP contribution is 2.23. The van der Waals surface area contributed by atoms with Gasteiger partial charge in [0.1, 0.15) is 0 Å². The lowest BCUT2D eigenvalue weighted by Gasteiger charge is -2.03. The molecule has 0 saturated heterocycles. The van der Waals surface area contributed by atoms with Crippen LogP contribution in [0, 0.1) is 0 Å². The molecule has 2 N–H and O–H groups in total. The molecule has 0 bridgehead atoms. The summed E-state index contributed by atoms with van der Waals surface area (Å²) in [6, 6.07) is 4.87. The largest absolute Gasteiger partial charge is 0.399 e. The lowest BCUT2D eigenvalue weighted by atomic mass is 10.3. The van der Waals surface area contributed by atoms with Crippen molar-refractivity contribution in [3.63, 3.8) is 0 Å². The molecule has 0 spiro atoms. The molecule has 1 aromatic heterocycles. The zero-order valence-corrected chi connectivity index (χ0v) is 10.6. The minimum Gasteiger partial charge on any atom is -0.399 e. The van der Waals surface area contributed by atoms with E-state index in [1.807, 2.05) is 0 Å². The first-order valence-electron chi connectivity index (χ1n) is 4.72. The summed E-state index contributed by atoms with van der Waals surface area (Å²) >= 11 is 5.96. The van der Waals surface area contributed by atoms with Crippen molar-refractivity contribution in [2.75, 3.05) is 5.73 Å². The van der Waals surface area contributed by atoms with Gasteiger partial charge in [0.05, 0.1) is 33.5 Å². The van der Waals surface area contributed by atoms with E-state index in [4.69, 9.17) is 17.3 Å². The van der Waals surface area contributed by atoms with E-state index in [0.717, 1.165) is 0 Å². The molecule has 6 nitrogen and oxygen atoms in total. The number of nitrogens with zero attached hydrogens (tertiary/aromatic N) is 4. The van der Waals surface area contributed by atoms with E-state index in [-0.39, 0.29) is 5.75 Å². The minimum atomic E-state index is -1.31. The van der Waals surface area contributed by atoms with Crippen LogP contribution in [-0.2, 0) is 23.6 Å². The molecule has 0 fully saturated rings. The zero-order chi connectivity index (χ0) is 12.4. The van der Waals surface area contributed by atoms with E-state index in [1.54, 1.807) is 25.2 Å². The van der Waals surface area contributed by atoms with Gasteiger partial charge in [-0.05, 0) is 23.4 Å². The molecule has 1 aromatic carbocycles. The summed E-state index contributed by atoms with van der Waals surface area (Å²) in [7, 11) is 0.342. The Morgan fingerprint density at radius 2 is 2.29 bits per heavy atom. The predicted molar refractivity (Wildman–Crippen MR) is 64.8 cm³/mol. The van der Waals surface area contributed by atoms with Crippen molar-refractivity contribution in [3.8, 4) is 0 Å². The number of aromatic nitrogens is 4. The highest BCUT2D eigenvalue weighted by molar-refractivity contribution is 7.84. The number of nitrogen functional groups attached to an aromatic ring is 1. The number of hydrogen-bond acceptors (Lipinski definition) is 5. The number of anilines is 1. The number of benzene rings is 1. The van der Waals surface area contributed by atoms with E-state index < -0.39 is 10.8 Å². The quantitative estimate of drug-likeness (QED) is 0.833. The summed E-state index contributed by atoms with van der Waals surface area (Å²) in [6.45, 7) is 0. The highest BCUT2D eigenvalue weighted by Gasteiger charge is 2.12. The first kappa shape index (κ1) is 12.0. The Balaban J connectivity index is 2.20. The van der Waals surface area contributed by atoms with Gasteiger partial charge in [-0.1, -0.05) is 11.6 Å². The van der Waals surface area contributed by atoms with Crippen molar-refractivity contribution < 1.29 is 4.21 Å². The smallest absolute Gasteiger partial charge is 0.187 e. The van der Waals surface area contributed by atoms with Crippen LogP contribution in [0.1, 0.15) is 5.82 Å². The van der Waals surface area contributed by atoms with Crippen LogP contribution in [-0.4, -0.2) is 24.4 Å². The number of halogens is 1. The normalized spacial score (nSPS) is 12.6. The Hall–Kier alpha value is -1.47. The van der Waals surface area contributed by atoms with Gasteiger partial charge in [0.25, 0.3) is 0 Å². The van der Waals surface area contributed by atoms with Gasteiger partial charge in [-0.15, -0.1) is 10.2 Å². The van der Waals surface area contributed by atoms with E-state index >= 15 is 0 Å². The number of hydrogen-bond donors (Lipinski definition) is 1. The lowest BCUT2D eigenvalue weighted by molar-refractivity contribution is 0.628. The standard InChI is InChI=1S/C9H10ClN5OS/c1-15-13-9(12-14-15)5-17(16)8-3-2-6(11)4-7(8)10/h2-4H,5,11H2,1H3. The molecule has 1 unspecified atom stereocenters. The molecule has 1 heterocycles. The molecule has 2 rings (SSSR count). The first-order chi connectivity index (χ1) is 8.06. The van der Waals surface area contributed by atoms with Crippen LogP contribution in [0.2, 0.25) is 5.02 Å². The van der Waals surface area contributed by atoms with Crippen LogP contribution in [0.4, 0.5) is 5.69 Å². The highest BCUT2D eigenvalue weighted by atomic mass is 35.5. The summed E-state index contributed by atoms with van der Waals surface area (Å²) in [6.07, 6.45) is 0. The third kappa shape index (κ3) is 2.80. The molecule has 90 valence electrons. The van der Waals surface area contributed by atoms with Crippen LogP contribution in [0.3, 0.4) is 0 Å². The minimum absolute atomic E-state index is 0.178. The van der Waals surface area contributed by atoms with Crippen LogP contribution in [0.15, 0.2) is 23.1 Å². The molecule has 0 saturated carbocycles. The Labute approximate surface area is 105 Å². The van der Waals surface area contributed by atoms with E-state index in [9.17, 15) is 4.21 Å². The Bertz CT molecular complexity index is 570. The second-order valence-corrected chi connectivity index (χ2v) is 5.20. The Kier molecular flexibility index (Phi) is 3.39. The van der Waals surface area contributed by atoms with Gasteiger partial charge in [-0.2, -0.15) is 4.80 Å². The molecule has 0 aliphatic rings. The van der Waals surface area contributed by atoms with Crippen LogP contribution in [0.25, 0.3) is 0 Å². The van der Waals surface area contributed by atoms with Crippen molar-refractivity contribution in [1.82, 2.24) is 20.2 Å². The maximum Gasteiger partial charge on any atom is 0.187 e. The number of nitrogens with two attached hydrogens (primary N) is 1. The predicted octanol–water partition coefficient (Wildman–Crippen LogP) is 0.753. The third-order valence-corrected chi connectivity index (χ3v) is 3.80. The molecule has 17 heavy (non-hydrogen) atoms. The maximum absolute atomic E-state index is 12.0. The summed E-state index contributed by atoms with van der Waals surface area (Å²) < 4.78 is 12.0. The van der Waals surface area contributed by atoms with Gasteiger partial charge < -0.3 is 5.73 Å². The zero-order valence-electron chi connectivity index (χ0n) is 9.00. The fourth-order valence-corrected chi connectivity index (χ4v) is 2.73. The van der Waals surface area contributed by atoms with Crippen molar-refractivity contribution in [1.29, 1.82) is 0 Å². The second-order valence-electron chi connectivity index (χ2n) is 3.37. The summed E-state index contributed by atoms with van der Waals surface area (Å²) in [5.41, 5.74) is 6.10. The molecule has 1 atom stereocenters. The molecule has 8 heteroatoms. The topological polar surface area (TPSA) is 86.7 Å². The monoisotopic (exact) mass is 271 g/mol. The van der Waals surface area contributed by atoms with Crippen LogP contribution >= 0.6 is 11.6 Å². The summed E-state index contributed by atoms with van der Waals surface area (Å²) in [5.74, 6) is 0.594. The average Bonchev–Trinajstić information content (AvgIpc) is 2.63. The van der Waals surface area contributed by atoms with E-state index in [1.165, 1.54) is 4.80 Å². The molecule has 2 aromatic rings. The van der Waals surface area contributed by atoms with E-state index in [0.29, 0.717) is 21.4 Å². The molecule has 0 aliphatic carbocycles. The lowest BCUT2D eigenvalue weighted by Crippen LogP contribution is -2.00. The van der Waals surface area contributed by atoms with Crippen molar-refractivity contribution in [3.05, 3.63) is 29.0 Å². The summed E-state index contributed by atoms with van der Waals surface area (Å²) in [4.78, 5) is 1.84. The maximum atomic E-state index is 12.0. The first-order valence-corrected chi connectivity index (χ1v) is 6.42. The average molecular weight is 272 g/mol. The Morgan fingerprint density at radius 3 is 2.88 bits per heavy atom. The van der Waals surface area contributed by atoms with Crippen molar-refractivity contribution >= 4 is 28.1 Å². The number of aryl methyl sites for hydroxylation is 1.